The van der Waals surface area contributed by atoms with Crippen LogP contribution in [0.2, 0.25) is 0 Å². The first kappa shape index (κ1) is 15.5. The molecular formula is C17H18N6O2. The summed E-state index contributed by atoms with van der Waals surface area (Å²) in [4.78, 5) is 23.2. The third-order valence-corrected chi connectivity index (χ3v) is 4.45. The fourth-order valence-electron chi connectivity index (χ4n) is 3.06. The van der Waals surface area contributed by atoms with Crippen LogP contribution < -0.4 is 0 Å². The molecular weight excluding hydrogens is 320 g/mol. The highest BCUT2D eigenvalue weighted by molar-refractivity contribution is 5.94. The molecule has 3 aromatic rings. The van der Waals surface area contributed by atoms with Crippen molar-refractivity contribution in [1.29, 1.82) is 0 Å². The monoisotopic (exact) mass is 338 g/mol. The number of aryl methyl sites for hydroxylation is 3. The van der Waals surface area contributed by atoms with E-state index in [2.05, 4.69) is 20.2 Å². The van der Waals surface area contributed by atoms with Crippen molar-refractivity contribution in [3.05, 3.63) is 46.7 Å². The summed E-state index contributed by atoms with van der Waals surface area (Å²) in [7, 11) is 1.86. The van der Waals surface area contributed by atoms with Gasteiger partial charge in [0.05, 0.1) is 18.8 Å². The van der Waals surface area contributed by atoms with Gasteiger partial charge in [0.25, 0.3) is 11.8 Å². The van der Waals surface area contributed by atoms with Crippen molar-refractivity contribution in [2.24, 2.45) is 7.05 Å². The number of hydrogen-bond acceptors (Lipinski definition) is 6. The Bertz CT molecular complexity index is 958. The van der Waals surface area contributed by atoms with Crippen molar-refractivity contribution in [2.75, 3.05) is 0 Å². The van der Waals surface area contributed by atoms with Crippen molar-refractivity contribution in [1.82, 2.24) is 29.8 Å². The minimum atomic E-state index is -0.0833. The van der Waals surface area contributed by atoms with Crippen LogP contribution in [-0.4, -0.2) is 35.7 Å². The molecule has 0 spiro atoms. The molecule has 0 aromatic carbocycles. The molecule has 0 fully saturated rings. The minimum absolute atomic E-state index is 0.0833. The second-order valence-electron chi connectivity index (χ2n) is 6.10. The molecule has 0 radical (unpaired) electrons. The Hall–Kier alpha value is -3.03. The summed E-state index contributed by atoms with van der Waals surface area (Å²) in [5.41, 5.74) is 3.93. The van der Waals surface area contributed by atoms with Gasteiger partial charge in [0.15, 0.2) is 11.5 Å². The largest absolute Gasteiger partial charge is 0.332 e. The summed E-state index contributed by atoms with van der Waals surface area (Å²) >= 11 is 0. The van der Waals surface area contributed by atoms with Crippen molar-refractivity contribution in [3.63, 3.8) is 0 Å². The van der Waals surface area contributed by atoms with Crippen molar-refractivity contribution >= 4 is 5.91 Å². The molecule has 128 valence electrons. The average molecular weight is 338 g/mol. The van der Waals surface area contributed by atoms with Gasteiger partial charge >= 0.3 is 0 Å². The van der Waals surface area contributed by atoms with Crippen LogP contribution in [0.4, 0.5) is 0 Å². The number of carbonyl (C=O) groups excluding carboxylic acids is 1. The van der Waals surface area contributed by atoms with E-state index in [-0.39, 0.29) is 5.91 Å². The maximum absolute atomic E-state index is 12.8. The predicted molar refractivity (Wildman–Crippen MR) is 88.4 cm³/mol. The van der Waals surface area contributed by atoms with E-state index in [9.17, 15) is 4.79 Å². The standard InChI is InChI=1S/C17H18N6O2/c1-4-13-19-16(25-21-13)15-11-8-23(9-12(11)22(3)20-15)17(24)14-10(2)6-5-7-18-14/h5-7H,4,8-9H2,1-3H3. The number of fused-ring (bicyclic) bond motifs is 1. The molecule has 8 heteroatoms. The molecule has 0 N–H and O–H groups in total. The molecule has 0 aliphatic carbocycles. The van der Waals surface area contributed by atoms with Gasteiger partial charge in [-0.05, 0) is 18.6 Å². The van der Waals surface area contributed by atoms with Gasteiger partial charge in [-0.25, -0.2) is 0 Å². The zero-order valence-electron chi connectivity index (χ0n) is 14.4. The Labute approximate surface area is 144 Å². The number of pyridine rings is 1. The SMILES string of the molecule is CCc1noc(-c2nn(C)c3c2CN(C(=O)c2ncccc2C)C3)n1. The van der Waals surface area contributed by atoms with Gasteiger partial charge in [0, 0.05) is 25.2 Å². The lowest BCUT2D eigenvalue weighted by atomic mass is 10.2. The van der Waals surface area contributed by atoms with Crippen LogP contribution in [0, 0.1) is 6.92 Å². The van der Waals surface area contributed by atoms with Gasteiger partial charge in [0.2, 0.25) is 0 Å². The van der Waals surface area contributed by atoms with Crippen LogP contribution >= 0.6 is 0 Å². The summed E-state index contributed by atoms with van der Waals surface area (Å²) in [6.07, 6.45) is 2.34. The second-order valence-corrected chi connectivity index (χ2v) is 6.10. The first-order chi connectivity index (χ1) is 12.1. The molecule has 8 nitrogen and oxygen atoms in total. The Morgan fingerprint density at radius 3 is 2.92 bits per heavy atom. The fourth-order valence-corrected chi connectivity index (χ4v) is 3.06. The number of aromatic nitrogens is 5. The summed E-state index contributed by atoms with van der Waals surface area (Å²) in [6, 6.07) is 3.72. The molecule has 0 atom stereocenters. The van der Waals surface area contributed by atoms with Crippen LogP contribution in [0.3, 0.4) is 0 Å². The first-order valence-corrected chi connectivity index (χ1v) is 8.17. The van der Waals surface area contributed by atoms with Crippen LogP contribution in [0.5, 0.6) is 0 Å². The highest BCUT2D eigenvalue weighted by Gasteiger charge is 2.33. The minimum Gasteiger partial charge on any atom is -0.332 e. The van der Waals surface area contributed by atoms with E-state index in [1.165, 1.54) is 0 Å². The van der Waals surface area contributed by atoms with Gasteiger partial charge in [-0.15, -0.1) is 0 Å². The molecule has 1 aliphatic heterocycles. The highest BCUT2D eigenvalue weighted by Crippen LogP contribution is 2.32. The third-order valence-electron chi connectivity index (χ3n) is 4.45. The first-order valence-electron chi connectivity index (χ1n) is 8.17. The fraction of sp³-hybridized carbons (Fsp3) is 0.353. The summed E-state index contributed by atoms with van der Waals surface area (Å²) in [5.74, 6) is 0.960. The quantitative estimate of drug-likeness (QED) is 0.724. The molecule has 0 saturated carbocycles. The number of amides is 1. The van der Waals surface area contributed by atoms with Crippen LogP contribution in [0.15, 0.2) is 22.9 Å². The number of rotatable bonds is 3. The number of nitrogens with zero attached hydrogens (tertiary/aromatic N) is 6. The lowest BCUT2D eigenvalue weighted by Gasteiger charge is -2.16. The molecule has 4 heterocycles. The van der Waals surface area contributed by atoms with Gasteiger partial charge in [-0.3, -0.25) is 14.5 Å². The molecule has 0 saturated heterocycles. The normalized spacial score (nSPS) is 13.3. The maximum Gasteiger partial charge on any atom is 0.278 e. The molecule has 4 rings (SSSR count). The summed E-state index contributed by atoms with van der Waals surface area (Å²) in [6.45, 7) is 4.80. The zero-order valence-corrected chi connectivity index (χ0v) is 14.4. The zero-order chi connectivity index (χ0) is 17.6. The predicted octanol–water partition coefficient (Wildman–Crippen LogP) is 1.89. The Morgan fingerprint density at radius 1 is 1.36 bits per heavy atom. The van der Waals surface area contributed by atoms with Gasteiger partial charge in [-0.2, -0.15) is 10.1 Å². The van der Waals surface area contributed by atoms with Crippen molar-refractivity contribution in [2.45, 2.75) is 33.4 Å². The molecule has 25 heavy (non-hydrogen) atoms. The average Bonchev–Trinajstić information content (AvgIpc) is 3.31. The lowest BCUT2D eigenvalue weighted by Crippen LogP contribution is -2.27. The maximum atomic E-state index is 12.8. The second kappa shape index (κ2) is 5.80. The van der Waals surface area contributed by atoms with E-state index in [4.69, 9.17) is 4.52 Å². The smallest absolute Gasteiger partial charge is 0.278 e. The van der Waals surface area contributed by atoms with Crippen LogP contribution in [0.1, 0.15) is 40.1 Å². The number of carbonyl (C=O) groups is 1. The highest BCUT2D eigenvalue weighted by atomic mass is 16.5. The van der Waals surface area contributed by atoms with Crippen LogP contribution in [-0.2, 0) is 26.6 Å². The summed E-state index contributed by atoms with van der Waals surface area (Å²) < 4.78 is 7.10. The Kier molecular flexibility index (Phi) is 3.60. The molecule has 3 aromatic heterocycles. The molecule has 0 unspecified atom stereocenters. The van der Waals surface area contributed by atoms with Gasteiger partial charge in [-0.1, -0.05) is 18.1 Å². The van der Waals surface area contributed by atoms with Gasteiger partial charge in [0.1, 0.15) is 5.69 Å². The topological polar surface area (TPSA) is 89.9 Å². The van der Waals surface area contributed by atoms with E-state index in [0.29, 0.717) is 42.6 Å². The Morgan fingerprint density at radius 2 is 2.20 bits per heavy atom. The van der Waals surface area contributed by atoms with Crippen molar-refractivity contribution in [3.8, 4) is 11.6 Å². The van der Waals surface area contributed by atoms with E-state index < -0.39 is 0 Å². The molecule has 1 amide bonds. The molecule has 0 bridgehead atoms. The van der Waals surface area contributed by atoms with Crippen LogP contribution in [0.25, 0.3) is 11.6 Å². The molecule has 1 aliphatic rings. The van der Waals surface area contributed by atoms with E-state index in [1.807, 2.05) is 33.0 Å². The van der Waals surface area contributed by atoms with E-state index >= 15 is 0 Å². The van der Waals surface area contributed by atoms with Crippen molar-refractivity contribution < 1.29 is 9.32 Å². The lowest BCUT2D eigenvalue weighted by molar-refractivity contribution is 0.0741. The third kappa shape index (κ3) is 2.50. The number of hydrogen-bond donors (Lipinski definition) is 0. The van der Waals surface area contributed by atoms with Gasteiger partial charge < -0.3 is 9.42 Å². The Balaban J connectivity index is 1.66. The van der Waals surface area contributed by atoms with E-state index in [1.54, 1.807) is 15.8 Å². The van der Waals surface area contributed by atoms with E-state index in [0.717, 1.165) is 16.8 Å². The summed E-state index contributed by atoms with van der Waals surface area (Å²) in [5, 5.41) is 8.43.